The van der Waals surface area contributed by atoms with Crippen molar-refractivity contribution in [3.05, 3.63) is 59.8 Å². The highest BCUT2D eigenvalue weighted by Gasteiger charge is 2.20. The highest BCUT2D eigenvalue weighted by Crippen LogP contribution is 2.15. The molecular weight excluding hydrogens is 330 g/mol. The number of hydrogen-bond donors (Lipinski definition) is 1. The number of aromatic carboxylic acids is 1. The second kappa shape index (κ2) is 8.47. The van der Waals surface area contributed by atoms with Gasteiger partial charge in [0, 0.05) is 32.6 Å². The molecule has 2 heterocycles. The Morgan fingerprint density at radius 2 is 1.77 bits per heavy atom. The maximum absolute atomic E-state index is 12.5. The number of carboxylic acid groups (broad SMARTS) is 1. The van der Waals surface area contributed by atoms with Crippen molar-refractivity contribution < 1.29 is 14.7 Å². The van der Waals surface area contributed by atoms with Crippen LogP contribution in [-0.4, -0.2) is 53.0 Å². The fourth-order valence-electron chi connectivity index (χ4n) is 3.17. The molecule has 1 amide bonds. The molecule has 3 rings (SSSR count). The Bertz CT molecular complexity index is 764. The molecule has 1 aliphatic heterocycles. The van der Waals surface area contributed by atoms with Gasteiger partial charge in [-0.05, 0) is 30.5 Å². The van der Waals surface area contributed by atoms with Crippen LogP contribution in [0.1, 0.15) is 28.9 Å². The van der Waals surface area contributed by atoms with E-state index in [4.69, 9.17) is 5.11 Å². The molecule has 0 unspecified atom stereocenters. The number of rotatable bonds is 5. The summed E-state index contributed by atoms with van der Waals surface area (Å²) in [6, 6.07) is 15.0. The Labute approximate surface area is 153 Å². The Kier molecular flexibility index (Phi) is 5.84. The monoisotopic (exact) mass is 353 g/mol. The number of aromatic nitrogens is 1. The van der Waals surface area contributed by atoms with Gasteiger partial charge >= 0.3 is 5.97 Å². The second-order valence-corrected chi connectivity index (χ2v) is 6.39. The lowest BCUT2D eigenvalue weighted by Gasteiger charge is -2.23. The molecule has 0 aliphatic carbocycles. The summed E-state index contributed by atoms with van der Waals surface area (Å²) in [6.45, 7) is 2.78. The fraction of sp³-hybridized carbons (Fsp3) is 0.350. The quantitative estimate of drug-likeness (QED) is 0.894. The minimum absolute atomic E-state index is 0.0440. The lowest BCUT2D eigenvalue weighted by atomic mass is 10.1. The van der Waals surface area contributed by atoms with Crippen molar-refractivity contribution in [2.75, 3.05) is 31.1 Å². The molecule has 1 aromatic carbocycles. The van der Waals surface area contributed by atoms with Crippen LogP contribution in [0.25, 0.3) is 0 Å². The van der Waals surface area contributed by atoms with E-state index in [0.29, 0.717) is 25.3 Å². The molecule has 136 valence electrons. The molecule has 6 nitrogen and oxygen atoms in total. The van der Waals surface area contributed by atoms with Gasteiger partial charge in [-0.25, -0.2) is 9.78 Å². The van der Waals surface area contributed by atoms with Crippen molar-refractivity contribution in [3.63, 3.8) is 0 Å². The van der Waals surface area contributed by atoms with E-state index < -0.39 is 5.97 Å². The van der Waals surface area contributed by atoms with E-state index in [1.807, 2.05) is 41.3 Å². The van der Waals surface area contributed by atoms with Crippen molar-refractivity contribution in [2.24, 2.45) is 0 Å². The first-order valence-electron chi connectivity index (χ1n) is 8.90. The Morgan fingerprint density at radius 3 is 2.54 bits per heavy atom. The number of aryl methyl sites for hydroxylation is 1. The minimum atomic E-state index is -1.03. The number of hydrogen-bond acceptors (Lipinski definition) is 4. The molecule has 1 N–H and O–H groups in total. The molecule has 1 saturated heterocycles. The van der Waals surface area contributed by atoms with Gasteiger partial charge in [-0.2, -0.15) is 0 Å². The molecule has 6 heteroatoms. The number of carbonyl (C=O) groups excluding carboxylic acids is 1. The molecule has 0 radical (unpaired) electrons. The molecule has 0 spiro atoms. The number of anilines is 1. The Balaban J connectivity index is 1.57. The molecule has 2 aromatic rings. The zero-order valence-electron chi connectivity index (χ0n) is 14.7. The highest BCUT2D eigenvalue weighted by atomic mass is 16.4. The average molecular weight is 353 g/mol. The lowest BCUT2D eigenvalue weighted by molar-refractivity contribution is -0.130. The first-order valence-corrected chi connectivity index (χ1v) is 8.90. The molecule has 0 saturated carbocycles. The van der Waals surface area contributed by atoms with Crippen molar-refractivity contribution in [2.45, 2.75) is 19.3 Å². The molecule has 0 atom stereocenters. The molecule has 26 heavy (non-hydrogen) atoms. The number of pyridine rings is 1. The maximum atomic E-state index is 12.5. The summed E-state index contributed by atoms with van der Waals surface area (Å²) in [5.41, 5.74) is 1.22. The first kappa shape index (κ1) is 17.9. The summed E-state index contributed by atoms with van der Waals surface area (Å²) >= 11 is 0. The number of carbonyl (C=O) groups is 2. The average Bonchev–Trinajstić information content (AvgIpc) is 2.93. The van der Waals surface area contributed by atoms with Gasteiger partial charge < -0.3 is 14.9 Å². The summed E-state index contributed by atoms with van der Waals surface area (Å²) in [5, 5.41) is 9.10. The zero-order chi connectivity index (χ0) is 18.4. The van der Waals surface area contributed by atoms with Crippen LogP contribution in [0.2, 0.25) is 0 Å². The fourth-order valence-corrected chi connectivity index (χ4v) is 3.17. The summed E-state index contributed by atoms with van der Waals surface area (Å²) in [4.78, 5) is 31.8. The van der Waals surface area contributed by atoms with Crippen molar-refractivity contribution in [3.8, 4) is 0 Å². The van der Waals surface area contributed by atoms with Gasteiger partial charge in [-0.15, -0.1) is 0 Å². The van der Waals surface area contributed by atoms with Gasteiger partial charge in [0.25, 0.3) is 0 Å². The van der Waals surface area contributed by atoms with Gasteiger partial charge in [-0.1, -0.05) is 36.4 Å². The van der Waals surface area contributed by atoms with E-state index in [1.165, 1.54) is 11.6 Å². The predicted molar refractivity (Wildman–Crippen MR) is 99.4 cm³/mol. The van der Waals surface area contributed by atoms with Crippen LogP contribution in [0.3, 0.4) is 0 Å². The molecule has 0 bridgehead atoms. The third-order valence-electron chi connectivity index (χ3n) is 4.60. The largest absolute Gasteiger partial charge is 0.477 e. The van der Waals surface area contributed by atoms with Crippen LogP contribution < -0.4 is 4.90 Å². The van der Waals surface area contributed by atoms with E-state index in [9.17, 15) is 9.59 Å². The van der Waals surface area contributed by atoms with Crippen LogP contribution in [-0.2, 0) is 11.2 Å². The van der Waals surface area contributed by atoms with Crippen LogP contribution in [0.5, 0.6) is 0 Å². The van der Waals surface area contributed by atoms with Gasteiger partial charge in [0.05, 0.1) is 0 Å². The van der Waals surface area contributed by atoms with Crippen molar-refractivity contribution in [1.82, 2.24) is 9.88 Å². The van der Waals surface area contributed by atoms with E-state index in [0.717, 1.165) is 25.9 Å². The van der Waals surface area contributed by atoms with E-state index in [1.54, 1.807) is 6.07 Å². The normalized spacial score (nSPS) is 14.8. The van der Waals surface area contributed by atoms with Gasteiger partial charge in [0.1, 0.15) is 5.82 Å². The minimum Gasteiger partial charge on any atom is -0.477 e. The molecule has 1 fully saturated rings. The smallest absolute Gasteiger partial charge is 0.354 e. The number of carboxylic acids is 1. The first-order chi connectivity index (χ1) is 12.6. The van der Waals surface area contributed by atoms with Gasteiger partial charge in [0.15, 0.2) is 5.69 Å². The SMILES string of the molecule is O=C(O)c1cccc(N2CCCN(C(=O)CCc3ccccc3)CC2)n1. The number of nitrogens with zero attached hydrogens (tertiary/aromatic N) is 3. The van der Waals surface area contributed by atoms with Crippen molar-refractivity contribution >= 4 is 17.7 Å². The number of amides is 1. The highest BCUT2D eigenvalue weighted by molar-refractivity contribution is 5.85. The summed E-state index contributed by atoms with van der Waals surface area (Å²) < 4.78 is 0. The second-order valence-electron chi connectivity index (χ2n) is 6.39. The molecular formula is C20H23N3O3. The van der Waals surface area contributed by atoms with Crippen LogP contribution in [0.4, 0.5) is 5.82 Å². The zero-order valence-corrected chi connectivity index (χ0v) is 14.7. The van der Waals surface area contributed by atoms with Crippen molar-refractivity contribution in [1.29, 1.82) is 0 Å². The third kappa shape index (κ3) is 4.59. The maximum Gasteiger partial charge on any atom is 0.354 e. The van der Waals surface area contributed by atoms with Crippen LogP contribution in [0.15, 0.2) is 48.5 Å². The topological polar surface area (TPSA) is 73.7 Å². The summed E-state index contributed by atoms with van der Waals surface area (Å²) in [5.74, 6) is -0.203. The van der Waals surface area contributed by atoms with E-state index in [2.05, 4.69) is 9.88 Å². The Hall–Kier alpha value is -2.89. The van der Waals surface area contributed by atoms with E-state index >= 15 is 0 Å². The number of benzene rings is 1. The van der Waals surface area contributed by atoms with Gasteiger partial charge in [-0.3, -0.25) is 4.79 Å². The van der Waals surface area contributed by atoms with Gasteiger partial charge in [0.2, 0.25) is 5.91 Å². The summed E-state index contributed by atoms with van der Waals surface area (Å²) in [7, 11) is 0. The Morgan fingerprint density at radius 1 is 0.962 bits per heavy atom. The standard InChI is InChI=1S/C20H23N3O3/c24-19(11-10-16-6-2-1-3-7-16)23-13-5-12-22(14-15-23)18-9-4-8-17(21-18)20(25)26/h1-4,6-9H,5,10-15H2,(H,25,26). The summed E-state index contributed by atoms with van der Waals surface area (Å²) in [6.07, 6.45) is 2.11. The molecule has 1 aliphatic rings. The van der Waals surface area contributed by atoms with E-state index in [-0.39, 0.29) is 11.6 Å². The predicted octanol–water partition coefficient (Wildman–Crippen LogP) is 2.45. The third-order valence-corrected chi connectivity index (χ3v) is 4.60. The molecule has 1 aromatic heterocycles. The van der Waals surface area contributed by atoms with Crippen LogP contribution >= 0.6 is 0 Å². The lowest BCUT2D eigenvalue weighted by Crippen LogP contribution is -2.35. The van der Waals surface area contributed by atoms with Crippen LogP contribution in [0, 0.1) is 0 Å².